The molecule has 9 heteroatoms. The lowest BCUT2D eigenvalue weighted by atomic mass is 10.1. The number of hydrogen-bond acceptors (Lipinski definition) is 6. The molecule has 1 N–H and O–H groups in total. The van der Waals surface area contributed by atoms with E-state index in [0.29, 0.717) is 10.7 Å². The van der Waals surface area contributed by atoms with Gasteiger partial charge < -0.3 is 4.18 Å². The number of rotatable bonds is 5. The number of aryl methyl sites for hydroxylation is 1. The van der Waals surface area contributed by atoms with E-state index in [4.69, 9.17) is 9.59 Å². The number of benzene rings is 3. The summed E-state index contributed by atoms with van der Waals surface area (Å²) in [6.07, 6.45) is 1.56. The van der Waals surface area contributed by atoms with Gasteiger partial charge in [0, 0.05) is 5.41 Å². The first-order valence-corrected chi connectivity index (χ1v) is 12.9. The minimum atomic E-state index is -3.97. The molecule has 0 aliphatic carbocycles. The number of nitrogens with one attached hydrogen (secondary N) is 1. The molecule has 2 aliphatic heterocycles. The number of carbonyl (C=O) groups is 1. The smallest absolute Gasteiger partial charge is 0.339 e. The number of amides is 1. The van der Waals surface area contributed by atoms with Gasteiger partial charge in [-0.05, 0) is 48.4 Å². The van der Waals surface area contributed by atoms with Gasteiger partial charge in [0.25, 0.3) is 5.91 Å². The first kappa shape index (κ1) is 22.8. The summed E-state index contributed by atoms with van der Waals surface area (Å²) >= 11 is 1.30. The van der Waals surface area contributed by atoms with E-state index in [2.05, 4.69) is 4.99 Å². The third-order valence-corrected chi connectivity index (χ3v) is 7.48. The molecule has 3 aromatic carbocycles. The summed E-state index contributed by atoms with van der Waals surface area (Å²) in [5.41, 5.74) is 3.38. The maximum atomic E-state index is 12.7. The molecule has 0 aromatic heterocycles. The van der Waals surface area contributed by atoms with Gasteiger partial charge in [0.05, 0.1) is 11.3 Å². The number of thioether (sulfide) groups is 1. The third-order valence-electron chi connectivity index (χ3n) is 5.39. The van der Waals surface area contributed by atoms with Crippen molar-refractivity contribution in [2.45, 2.75) is 11.8 Å². The Bertz CT molecular complexity index is 1520. The number of fused-ring (bicyclic) bond motifs is 1. The minimum Gasteiger partial charge on any atom is -0.379 e. The Morgan fingerprint density at radius 3 is 2.34 bits per heavy atom. The average molecular weight is 502 g/mol. The molecule has 35 heavy (non-hydrogen) atoms. The van der Waals surface area contributed by atoms with Crippen molar-refractivity contribution in [2.75, 3.05) is 0 Å². The average Bonchev–Trinajstić information content (AvgIpc) is 3.27. The second-order valence-corrected chi connectivity index (χ2v) is 10.2. The summed E-state index contributed by atoms with van der Waals surface area (Å²) in [6.45, 7) is 1.87. The van der Waals surface area contributed by atoms with Crippen LogP contribution in [0.3, 0.4) is 0 Å². The van der Waals surface area contributed by atoms with Gasteiger partial charge in [-0.1, -0.05) is 71.9 Å². The molecule has 0 fully saturated rings. The molecular formula is C26H19N3O4S2. The van der Waals surface area contributed by atoms with Crippen LogP contribution < -0.4 is 4.18 Å². The first-order valence-electron chi connectivity index (χ1n) is 10.6. The second-order valence-electron chi connectivity index (χ2n) is 7.85. The van der Waals surface area contributed by atoms with Crippen LogP contribution in [0.15, 0.2) is 99.7 Å². The molecule has 0 spiro atoms. The molecule has 7 nitrogen and oxygen atoms in total. The number of hydrogen-bond donors (Lipinski definition) is 1. The van der Waals surface area contributed by atoms with Gasteiger partial charge >= 0.3 is 10.1 Å². The Morgan fingerprint density at radius 1 is 0.971 bits per heavy atom. The third kappa shape index (κ3) is 4.55. The number of nitrogens with zero attached hydrogens (tertiary/aromatic N) is 2. The molecule has 3 aromatic rings. The van der Waals surface area contributed by atoms with Gasteiger partial charge in [-0.3, -0.25) is 15.1 Å². The summed E-state index contributed by atoms with van der Waals surface area (Å²) in [7, 11) is -3.97. The van der Waals surface area contributed by atoms with Crippen molar-refractivity contribution < 1.29 is 17.4 Å². The standard InChI is InChI=1S/C26H19N3O4S2/c1-17-7-13-21(14-8-17)35(31,32)33-20-11-9-18(10-12-20)15-22-24(27)29-23(19-5-3-2-4-6-19)16-34-26(29)28-25(22)30/h2-16,27H,1H3/b22-15-,27-24?. The van der Waals surface area contributed by atoms with Crippen molar-refractivity contribution in [1.29, 1.82) is 5.41 Å². The van der Waals surface area contributed by atoms with E-state index >= 15 is 0 Å². The minimum absolute atomic E-state index is 0.0300. The predicted octanol–water partition coefficient (Wildman–Crippen LogP) is 5.07. The molecule has 0 saturated heterocycles. The van der Waals surface area contributed by atoms with Crippen molar-refractivity contribution in [3.63, 3.8) is 0 Å². The lowest BCUT2D eigenvalue weighted by Gasteiger charge is -2.26. The summed E-state index contributed by atoms with van der Waals surface area (Å²) in [5, 5.41) is 11.0. The van der Waals surface area contributed by atoms with Gasteiger partial charge in [-0.2, -0.15) is 13.4 Å². The van der Waals surface area contributed by atoms with Gasteiger partial charge in [0.15, 0.2) is 5.17 Å². The van der Waals surface area contributed by atoms with Crippen LogP contribution in [0, 0.1) is 12.3 Å². The van der Waals surface area contributed by atoms with Crippen LogP contribution in [0.2, 0.25) is 0 Å². The second kappa shape index (κ2) is 9.01. The quantitative estimate of drug-likeness (QED) is 0.387. The number of aliphatic imine (C=N–C) groups is 1. The molecule has 2 aliphatic rings. The Labute approximate surface area is 207 Å². The highest BCUT2D eigenvalue weighted by Gasteiger charge is 2.36. The molecule has 0 bridgehead atoms. The van der Waals surface area contributed by atoms with Crippen LogP contribution >= 0.6 is 11.8 Å². The summed E-state index contributed by atoms with van der Waals surface area (Å²) in [6, 6.07) is 22.3. The summed E-state index contributed by atoms with van der Waals surface area (Å²) < 4.78 is 30.3. The van der Waals surface area contributed by atoms with Gasteiger partial charge in [-0.15, -0.1) is 0 Å². The zero-order valence-corrected chi connectivity index (χ0v) is 20.1. The molecular weight excluding hydrogens is 482 g/mol. The number of amidine groups is 2. The van der Waals surface area contributed by atoms with Crippen molar-refractivity contribution in [1.82, 2.24) is 4.90 Å². The Balaban J connectivity index is 1.38. The van der Waals surface area contributed by atoms with E-state index in [-0.39, 0.29) is 22.1 Å². The summed E-state index contributed by atoms with van der Waals surface area (Å²) in [5.74, 6) is -0.329. The van der Waals surface area contributed by atoms with Crippen molar-refractivity contribution in [3.05, 3.63) is 107 Å². The van der Waals surface area contributed by atoms with Gasteiger partial charge in [-0.25, -0.2) is 0 Å². The van der Waals surface area contributed by atoms with E-state index in [1.807, 2.05) is 42.7 Å². The molecule has 174 valence electrons. The van der Waals surface area contributed by atoms with Crippen molar-refractivity contribution in [3.8, 4) is 5.75 Å². The van der Waals surface area contributed by atoms with E-state index in [0.717, 1.165) is 16.8 Å². The molecule has 0 atom stereocenters. The molecule has 0 saturated carbocycles. The Hall–Kier alpha value is -3.95. The lowest BCUT2D eigenvalue weighted by molar-refractivity contribution is -0.114. The Morgan fingerprint density at radius 2 is 1.66 bits per heavy atom. The highest BCUT2D eigenvalue weighted by molar-refractivity contribution is 8.17. The largest absolute Gasteiger partial charge is 0.379 e. The molecule has 0 radical (unpaired) electrons. The lowest BCUT2D eigenvalue weighted by Crippen LogP contribution is -2.38. The van der Waals surface area contributed by atoms with E-state index in [9.17, 15) is 13.2 Å². The summed E-state index contributed by atoms with van der Waals surface area (Å²) in [4.78, 5) is 18.5. The van der Waals surface area contributed by atoms with Crippen LogP contribution in [0.5, 0.6) is 5.75 Å². The van der Waals surface area contributed by atoms with Crippen LogP contribution in [0.25, 0.3) is 11.8 Å². The first-order chi connectivity index (χ1) is 16.8. The van der Waals surface area contributed by atoms with Crippen molar-refractivity contribution >= 4 is 50.6 Å². The zero-order chi connectivity index (χ0) is 24.6. The van der Waals surface area contributed by atoms with Crippen LogP contribution in [0.4, 0.5) is 0 Å². The monoisotopic (exact) mass is 501 g/mol. The van der Waals surface area contributed by atoms with Crippen LogP contribution in [-0.2, 0) is 14.9 Å². The maximum absolute atomic E-state index is 12.7. The molecule has 2 heterocycles. The predicted molar refractivity (Wildman–Crippen MR) is 137 cm³/mol. The van der Waals surface area contributed by atoms with E-state index in [1.54, 1.807) is 35.2 Å². The fraction of sp³-hybridized carbons (Fsp3) is 0.0385. The topological polar surface area (TPSA) is 99.9 Å². The van der Waals surface area contributed by atoms with E-state index < -0.39 is 16.0 Å². The number of carbonyl (C=O) groups excluding carboxylic acids is 1. The molecule has 0 unspecified atom stereocenters. The SMILES string of the molecule is Cc1ccc(S(=O)(=O)Oc2ccc(/C=C3/C(=N)N4C(c5ccccc5)=CSC4=NC3=O)cc2)cc1. The van der Waals surface area contributed by atoms with Gasteiger partial charge in [0.2, 0.25) is 0 Å². The highest BCUT2D eigenvalue weighted by Crippen LogP contribution is 2.37. The molecule has 1 amide bonds. The molecule has 5 rings (SSSR count). The van der Waals surface area contributed by atoms with Crippen molar-refractivity contribution in [2.24, 2.45) is 4.99 Å². The fourth-order valence-electron chi connectivity index (χ4n) is 3.58. The van der Waals surface area contributed by atoms with E-state index in [1.165, 1.54) is 36.0 Å². The van der Waals surface area contributed by atoms with Gasteiger partial charge in [0.1, 0.15) is 16.5 Å². The highest BCUT2D eigenvalue weighted by atomic mass is 32.2. The zero-order valence-electron chi connectivity index (χ0n) is 18.5. The fourth-order valence-corrected chi connectivity index (χ4v) is 5.40. The Kier molecular flexibility index (Phi) is 5.88. The maximum Gasteiger partial charge on any atom is 0.339 e. The normalized spacial score (nSPS) is 16.7. The van der Waals surface area contributed by atoms with Crippen LogP contribution in [0.1, 0.15) is 16.7 Å². The van der Waals surface area contributed by atoms with Crippen LogP contribution in [-0.4, -0.2) is 30.2 Å².